The fourth-order valence-electron chi connectivity index (χ4n) is 3.65. The Morgan fingerprint density at radius 2 is 1.78 bits per heavy atom. The van der Waals surface area contributed by atoms with Crippen molar-refractivity contribution in [2.75, 3.05) is 19.0 Å². The number of nitrogens with one attached hydrogen (secondary N) is 3. The van der Waals surface area contributed by atoms with Crippen LogP contribution < -0.4 is 15.6 Å². The van der Waals surface area contributed by atoms with E-state index in [1.165, 1.54) is 10.7 Å². The lowest BCUT2D eigenvalue weighted by molar-refractivity contribution is -0.119. The van der Waals surface area contributed by atoms with Crippen molar-refractivity contribution in [2.45, 2.75) is 0 Å². The lowest BCUT2D eigenvalue weighted by atomic mass is 10.2. The number of H-pyrrole nitrogens is 2. The number of hydrogen-bond donors (Lipinski definition) is 3. The minimum absolute atomic E-state index is 0.190. The number of imidazole rings is 1. The summed E-state index contributed by atoms with van der Waals surface area (Å²) in [5, 5.41) is 5.33. The van der Waals surface area contributed by atoms with E-state index in [-0.39, 0.29) is 16.9 Å². The lowest BCUT2D eigenvalue weighted by Gasteiger charge is -2.06. The van der Waals surface area contributed by atoms with Gasteiger partial charge in [-0.3, -0.25) is 14.7 Å². The molecule has 2 aromatic heterocycles. The number of para-hydroxylation sites is 1. The Bertz CT molecular complexity index is 1600. The molecular weight excluding hydrogens is 462 g/mol. The van der Waals surface area contributed by atoms with E-state index >= 15 is 0 Å². The molecule has 5 aromatic rings. The van der Waals surface area contributed by atoms with E-state index < -0.39 is 18.5 Å². The molecule has 10 heteroatoms. The summed E-state index contributed by atoms with van der Waals surface area (Å²) in [5.41, 5.74) is 2.76. The quantitative estimate of drug-likeness (QED) is 0.304. The van der Waals surface area contributed by atoms with Crippen molar-refractivity contribution in [1.29, 1.82) is 0 Å². The highest BCUT2D eigenvalue weighted by molar-refractivity contribution is 5.97. The van der Waals surface area contributed by atoms with Gasteiger partial charge in [0.25, 0.3) is 11.5 Å². The first-order chi connectivity index (χ1) is 17.5. The fourth-order valence-corrected chi connectivity index (χ4v) is 3.65. The van der Waals surface area contributed by atoms with Gasteiger partial charge in [0.05, 0.1) is 29.4 Å². The Morgan fingerprint density at radius 3 is 2.53 bits per heavy atom. The minimum Gasteiger partial charge on any atom is -0.497 e. The standard InChI is InChI=1S/C26H21N5O5/c1-35-19-10-7-16(8-11-19)25-27-20-12-9-17(13-21(20)28-25)26(34)36-15-23(32)29-22-14-24(33)31(30-22)18-5-3-2-4-6-18/h2-14,30H,15H2,1H3,(H,27,28)(H,29,32). The van der Waals surface area contributed by atoms with Gasteiger partial charge in [0.1, 0.15) is 17.4 Å². The predicted octanol–water partition coefficient (Wildman–Crippen LogP) is 3.51. The Morgan fingerprint density at radius 1 is 1.00 bits per heavy atom. The first kappa shape index (κ1) is 22.7. The molecule has 0 saturated carbocycles. The molecule has 0 aliphatic carbocycles. The fraction of sp³-hybridized carbons (Fsp3) is 0.0769. The average molecular weight is 483 g/mol. The smallest absolute Gasteiger partial charge is 0.338 e. The summed E-state index contributed by atoms with van der Waals surface area (Å²) in [7, 11) is 1.60. The molecule has 0 unspecified atom stereocenters. The first-order valence-electron chi connectivity index (χ1n) is 11.0. The highest BCUT2D eigenvalue weighted by atomic mass is 16.5. The number of aromatic nitrogens is 4. The molecule has 5 rings (SSSR count). The molecule has 3 N–H and O–H groups in total. The summed E-state index contributed by atoms with van der Waals surface area (Å²) in [4.78, 5) is 44.7. The van der Waals surface area contributed by atoms with Crippen molar-refractivity contribution in [1.82, 2.24) is 19.7 Å². The van der Waals surface area contributed by atoms with Crippen LogP contribution in [0.5, 0.6) is 5.75 Å². The number of benzene rings is 3. The van der Waals surface area contributed by atoms with Crippen molar-refractivity contribution in [3.05, 3.63) is 94.8 Å². The van der Waals surface area contributed by atoms with Gasteiger partial charge in [0, 0.05) is 11.6 Å². The summed E-state index contributed by atoms with van der Waals surface area (Å²) < 4.78 is 11.6. The molecule has 0 spiro atoms. The van der Waals surface area contributed by atoms with Crippen molar-refractivity contribution < 1.29 is 19.1 Å². The van der Waals surface area contributed by atoms with E-state index in [0.29, 0.717) is 22.5 Å². The van der Waals surface area contributed by atoms with Crippen LogP contribution in [-0.4, -0.2) is 45.3 Å². The number of aromatic amines is 2. The van der Waals surface area contributed by atoms with E-state index in [1.54, 1.807) is 49.6 Å². The number of ether oxygens (including phenoxy) is 2. The SMILES string of the molecule is COc1ccc(-c2nc3ccc(C(=O)OCC(=O)Nc4cc(=O)n(-c5ccccc5)[nH]4)cc3[nH]2)cc1. The molecule has 0 saturated heterocycles. The number of esters is 1. The second-order valence-electron chi connectivity index (χ2n) is 7.85. The van der Waals surface area contributed by atoms with Gasteiger partial charge in [-0.1, -0.05) is 18.2 Å². The second kappa shape index (κ2) is 9.63. The van der Waals surface area contributed by atoms with Gasteiger partial charge < -0.3 is 19.8 Å². The normalized spacial score (nSPS) is 10.8. The summed E-state index contributed by atoms with van der Waals surface area (Å²) in [6.07, 6.45) is 0. The van der Waals surface area contributed by atoms with Gasteiger partial charge in [0.15, 0.2) is 6.61 Å². The summed E-state index contributed by atoms with van der Waals surface area (Å²) >= 11 is 0. The Labute approximate surface area is 204 Å². The van der Waals surface area contributed by atoms with Gasteiger partial charge in [-0.25, -0.2) is 14.5 Å². The lowest BCUT2D eigenvalue weighted by Crippen LogP contribution is -2.21. The largest absolute Gasteiger partial charge is 0.497 e. The average Bonchev–Trinajstić information content (AvgIpc) is 3.50. The molecule has 10 nitrogen and oxygen atoms in total. The van der Waals surface area contributed by atoms with Crippen LogP contribution in [0.1, 0.15) is 10.4 Å². The van der Waals surface area contributed by atoms with Gasteiger partial charge in [-0.05, 0) is 54.6 Å². The Hall–Kier alpha value is -5.12. The summed E-state index contributed by atoms with van der Waals surface area (Å²) in [5.74, 6) is 0.324. The van der Waals surface area contributed by atoms with E-state index in [0.717, 1.165) is 11.3 Å². The van der Waals surface area contributed by atoms with Crippen LogP contribution in [0.4, 0.5) is 5.82 Å². The second-order valence-corrected chi connectivity index (χ2v) is 7.85. The number of anilines is 1. The predicted molar refractivity (Wildman–Crippen MR) is 133 cm³/mol. The van der Waals surface area contributed by atoms with Gasteiger partial charge in [0.2, 0.25) is 0 Å². The molecule has 36 heavy (non-hydrogen) atoms. The van der Waals surface area contributed by atoms with Crippen LogP contribution in [0.3, 0.4) is 0 Å². The minimum atomic E-state index is -0.664. The molecular formula is C26H21N5O5. The highest BCUT2D eigenvalue weighted by Crippen LogP contribution is 2.23. The number of methoxy groups -OCH3 is 1. The summed E-state index contributed by atoms with van der Waals surface area (Å²) in [6.45, 7) is -0.518. The monoisotopic (exact) mass is 483 g/mol. The maximum absolute atomic E-state index is 12.5. The molecule has 2 heterocycles. The van der Waals surface area contributed by atoms with E-state index in [9.17, 15) is 14.4 Å². The molecule has 0 fully saturated rings. The van der Waals surface area contributed by atoms with Crippen LogP contribution in [-0.2, 0) is 9.53 Å². The van der Waals surface area contributed by atoms with E-state index in [2.05, 4.69) is 20.4 Å². The molecule has 180 valence electrons. The van der Waals surface area contributed by atoms with Crippen LogP contribution in [0.2, 0.25) is 0 Å². The van der Waals surface area contributed by atoms with Crippen LogP contribution in [0.15, 0.2) is 83.7 Å². The maximum atomic E-state index is 12.5. The van der Waals surface area contributed by atoms with Crippen molar-refractivity contribution in [2.24, 2.45) is 0 Å². The Balaban J connectivity index is 1.22. The number of amides is 1. The third kappa shape index (κ3) is 4.73. The van der Waals surface area contributed by atoms with Crippen molar-refractivity contribution in [3.63, 3.8) is 0 Å². The molecule has 1 amide bonds. The summed E-state index contributed by atoms with van der Waals surface area (Å²) in [6, 6.07) is 22.5. The zero-order valence-electron chi connectivity index (χ0n) is 19.1. The molecule has 0 aliphatic heterocycles. The number of fused-ring (bicyclic) bond motifs is 1. The maximum Gasteiger partial charge on any atom is 0.338 e. The van der Waals surface area contributed by atoms with Gasteiger partial charge in [-0.15, -0.1) is 0 Å². The molecule has 0 aliphatic rings. The molecule has 0 atom stereocenters. The van der Waals surface area contributed by atoms with Crippen molar-refractivity contribution in [3.8, 4) is 22.8 Å². The van der Waals surface area contributed by atoms with Gasteiger partial charge >= 0.3 is 5.97 Å². The number of hydrogen-bond acceptors (Lipinski definition) is 6. The van der Waals surface area contributed by atoms with E-state index in [4.69, 9.17) is 9.47 Å². The molecule has 3 aromatic carbocycles. The molecule has 0 bridgehead atoms. The van der Waals surface area contributed by atoms with Gasteiger partial charge in [-0.2, -0.15) is 0 Å². The van der Waals surface area contributed by atoms with Crippen LogP contribution in [0.25, 0.3) is 28.1 Å². The Kier molecular flexibility index (Phi) is 6.06. The topological polar surface area (TPSA) is 131 Å². The van der Waals surface area contributed by atoms with Crippen LogP contribution >= 0.6 is 0 Å². The number of carbonyl (C=O) groups is 2. The third-order valence-electron chi connectivity index (χ3n) is 5.42. The van der Waals surface area contributed by atoms with Crippen LogP contribution in [0, 0.1) is 0 Å². The first-order valence-corrected chi connectivity index (χ1v) is 11.0. The number of rotatable bonds is 7. The number of carbonyl (C=O) groups excluding carboxylic acids is 2. The van der Waals surface area contributed by atoms with Crippen molar-refractivity contribution >= 4 is 28.7 Å². The highest BCUT2D eigenvalue weighted by Gasteiger charge is 2.14. The molecule has 0 radical (unpaired) electrons. The van der Waals surface area contributed by atoms with E-state index in [1.807, 2.05) is 30.3 Å². The zero-order valence-corrected chi connectivity index (χ0v) is 19.1. The third-order valence-corrected chi connectivity index (χ3v) is 5.42. The zero-order chi connectivity index (χ0) is 25.1. The number of nitrogens with zero attached hydrogens (tertiary/aromatic N) is 2.